The third-order valence-corrected chi connectivity index (χ3v) is 5.79. The predicted molar refractivity (Wildman–Crippen MR) is 110 cm³/mol. The first-order chi connectivity index (χ1) is 12.6. The van der Waals surface area contributed by atoms with E-state index in [1.54, 1.807) is 11.3 Å². The first-order valence-electron chi connectivity index (χ1n) is 9.35. The number of carbonyl (C=O) groups is 1. The topological polar surface area (TPSA) is 57.3 Å². The molecular formula is C20H28N4OS. The quantitative estimate of drug-likeness (QED) is 0.772. The zero-order valence-electron chi connectivity index (χ0n) is 15.6. The maximum absolute atomic E-state index is 12.1. The number of thiazole rings is 1. The minimum atomic E-state index is 0.0112. The van der Waals surface area contributed by atoms with Gasteiger partial charge >= 0.3 is 0 Å². The first kappa shape index (κ1) is 18.9. The van der Waals surface area contributed by atoms with Crippen LogP contribution in [0.2, 0.25) is 0 Å². The number of carbonyl (C=O) groups excluding carboxylic acids is 1. The Balaban J connectivity index is 1.46. The molecule has 1 aromatic carbocycles. The third kappa shape index (κ3) is 5.29. The fraction of sp³-hybridized carbons (Fsp3) is 0.500. The van der Waals surface area contributed by atoms with Gasteiger partial charge in [0, 0.05) is 30.7 Å². The highest BCUT2D eigenvalue weighted by Gasteiger charge is 2.13. The maximum atomic E-state index is 12.1. The largest absolute Gasteiger partial charge is 0.354 e. The van der Waals surface area contributed by atoms with E-state index in [4.69, 9.17) is 0 Å². The molecule has 1 heterocycles. The lowest BCUT2D eigenvalue weighted by Gasteiger charge is -2.21. The standard InChI is InChI=1S/C20H28N4OS/c1-24(2)20-23-18(14-26-20)16-8-10-17(11-9-16)22-19(25)13-21-12-15-6-4-3-5-7-15/h8-11,14-15,21H,3-7,12-13H2,1-2H3,(H,22,25). The van der Waals surface area contributed by atoms with Gasteiger partial charge in [0.2, 0.25) is 5.91 Å². The Bertz CT molecular complexity index is 705. The number of benzene rings is 1. The van der Waals surface area contributed by atoms with Crippen LogP contribution in [-0.4, -0.2) is 38.1 Å². The van der Waals surface area contributed by atoms with Crippen LogP contribution in [0.15, 0.2) is 29.6 Å². The van der Waals surface area contributed by atoms with E-state index in [0.29, 0.717) is 6.54 Å². The van der Waals surface area contributed by atoms with Crippen molar-refractivity contribution in [2.24, 2.45) is 5.92 Å². The zero-order valence-corrected chi connectivity index (χ0v) is 16.4. The molecule has 0 saturated heterocycles. The number of aromatic nitrogens is 1. The van der Waals surface area contributed by atoms with Gasteiger partial charge in [0.25, 0.3) is 0 Å². The van der Waals surface area contributed by atoms with Crippen molar-refractivity contribution in [1.82, 2.24) is 10.3 Å². The van der Waals surface area contributed by atoms with Gasteiger partial charge in [-0.2, -0.15) is 0 Å². The summed E-state index contributed by atoms with van der Waals surface area (Å²) in [4.78, 5) is 18.7. The Kier molecular flexibility index (Phi) is 6.63. The van der Waals surface area contributed by atoms with Gasteiger partial charge in [0.05, 0.1) is 12.2 Å². The number of hydrogen-bond donors (Lipinski definition) is 2. The van der Waals surface area contributed by atoms with Crippen molar-refractivity contribution < 1.29 is 4.79 Å². The second-order valence-corrected chi connectivity index (χ2v) is 8.01. The Morgan fingerprint density at radius 3 is 2.58 bits per heavy atom. The van der Waals surface area contributed by atoms with E-state index in [-0.39, 0.29) is 5.91 Å². The van der Waals surface area contributed by atoms with Crippen molar-refractivity contribution >= 4 is 28.1 Å². The summed E-state index contributed by atoms with van der Waals surface area (Å²) in [6.45, 7) is 1.32. The number of hydrogen-bond acceptors (Lipinski definition) is 5. The van der Waals surface area contributed by atoms with Crippen LogP contribution in [0.3, 0.4) is 0 Å². The highest BCUT2D eigenvalue weighted by atomic mass is 32.1. The van der Waals surface area contributed by atoms with Crippen molar-refractivity contribution in [2.75, 3.05) is 37.4 Å². The van der Waals surface area contributed by atoms with Crippen LogP contribution >= 0.6 is 11.3 Å². The summed E-state index contributed by atoms with van der Waals surface area (Å²) in [6, 6.07) is 7.87. The number of anilines is 2. The molecule has 26 heavy (non-hydrogen) atoms. The normalized spacial score (nSPS) is 15.0. The monoisotopic (exact) mass is 372 g/mol. The predicted octanol–water partition coefficient (Wildman–Crippen LogP) is 3.98. The Hall–Kier alpha value is -1.92. The molecule has 0 unspecified atom stereocenters. The summed E-state index contributed by atoms with van der Waals surface area (Å²) in [7, 11) is 3.98. The van der Waals surface area contributed by atoms with E-state index >= 15 is 0 Å². The molecule has 0 spiro atoms. The summed E-state index contributed by atoms with van der Waals surface area (Å²) >= 11 is 1.62. The Morgan fingerprint density at radius 2 is 1.92 bits per heavy atom. The number of nitrogens with zero attached hydrogens (tertiary/aromatic N) is 2. The van der Waals surface area contributed by atoms with Gasteiger partial charge in [-0.25, -0.2) is 4.98 Å². The van der Waals surface area contributed by atoms with E-state index in [1.165, 1.54) is 32.1 Å². The van der Waals surface area contributed by atoms with Crippen molar-refractivity contribution in [3.8, 4) is 11.3 Å². The molecule has 140 valence electrons. The highest BCUT2D eigenvalue weighted by molar-refractivity contribution is 7.14. The van der Waals surface area contributed by atoms with E-state index in [0.717, 1.165) is 34.5 Å². The molecule has 3 rings (SSSR count). The van der Waals surface area contributed by atoms with Gasteiger partial charge < -0.3 is 15.5 Å². The van der Waals surface area contributed by atoms with Crippen LogP contribution in [0.4, 0.5) is 10.8 Å². The summed E-state index contributed by atoms with van der Waals surface area (Å²) in [5.74, 6) is 0.748. The molecule has 1 aliphatic carbocycles. The molecule has 0 aliphatic heterocycles. The van der Waals surface area contributed by atoms with Crippen LogP contribution < -0.4 is 15.5 Å². The molecule has 5 nitrogen and oxygen atoms in total. The maximum Gasteiger partial charge on any atom is 0.238 e. The molecule has 1 aromatic heterocycles. The fourth-order valence-electron chi connectivity index (χ4n) is 3.31. The van der Waals surface area contributed by atoms with E-state index < -0.39 is 0 Å². The molecule has 1 amide bonds. The highest BCUT2D eigenvalue weighted by Crippen LogP contribution is 2.27. The molecule has 0 bridgehead atoms. The fourth-order valence-corrected chi connectivity index (χ4v) is 4.08. The Morgan fingerprint density at radius 1 is 1.19 bits per heavy atom. The van der Waals surface area contributed by atoms with E-state index in [1.807, 2.05) is 43.3 Å². The summed E-state index contributed by atoms with van der Waals surface area (Å²) in [6.07, 6.45) is 6.62. The number of amides is 1. The van der Waals surface area contributed by atoms with Crippen LogP contribution in [0, 0.1) is 5.92 Å². The molecule has 2 N–H and O–H groups in total. The van der Waals surface area contributed by atoms with E-state index in [9.17, 15) is 4.79 Å². The third-order valence-electron chi connectivity index (χ3n) is 4.78. The van der Waals surface area contributed by atoms with Crippen molar-refractivity contribution in [3.05, 3.63) is 29.6 Å². The van der Waals surface area contributed by atoms with Gasteiger partial charge in [0.15, 0.2) is 5.13 Å². The van der Waals surface area contributed by atoms with Gasteiger partial charge in [-0.15, -0.1) is 11.3 Å². The van der Waals surface area contributed by atoms with Crippen molar-refractivity contribution in [2.45, 2.75) is 32.1 Å². The molecule has 1 fully saturated rings. The molecule has 6 heteroatoms. The summed E-state index contributed by atoms with van der Waals surface area (Å²) < 4.78 is 0. The average molecular weight is 373 g/mol. The minimum Gasteiger partial charge on any atom is -0.354 e. The lowest BCUT2D eigenvalue weighted by Crippen LogP contribution is -2.32. The molecule has 1 saturated carbocycles. The Labute approximate surface area is 159 Å². The van der Waals surface area contributed by atoms with Crippen molar-refractivity contribution in [3.63, 3.8) is 0 Å². The zero-order chi connectivity index (χ0) is 18.4. The lowest BCUT2D eigenvalue weighted by atomic mass is 9.89. The molecule has 0 radical (unpaired) electrons. The van der Waals surface area contributed by atoms with Gasteiger partial charge in [-0.1, -0.05) is 31.4 Å². The second kappa shape index (κ2) is 9.14. The lowest BCUT2D eigenvalue weighted by molar-refractivity contribution is -0.115. The van der Waals surface area contributed by atoms with Crippen LogP contribution in [0.1, 0.15) is 32.1 Å². The summed E-state index contributed by atoms with van der Waals surface area (Å²) in [5.41, 5.74) is 2.84. The smallest absolute Gasteiger partial charge is 0.238 e. The molecule has 1 aliphatic rings. The first-order valence-corrected chi connectivity index (χ1v) is 10.2. The van der Waals surface area contributed by atoms with Crippen LogP contribution in [-0.2, 0) is 4.79 Å². The van der Waals surface area contributed by atoms with Crippen LogP contribution in [0.5, 0.6) is 0 Å². The van der Waals surface area contributed by atoms with Gasteiger partial charge in [-0.05, 0) is 37.4 Å². The van der Waals surface area contributed by atoms with E-state index in [2.05, 4.69) is 21.0 Å². The minimum absolute atomic E-state index is 0.0112. The van der Waals surface area contributed by atoms with Crippen molar-refractivity contribution in [1.29, 1.82) is 0 Å². The molecule has 0 atom stereocenters. The molecular weight excluding hydrogens is 344 g/mol. The SMILES string of the molecule is CN(C)c1nc(-c2ccc(NC(=O)CNCC3CCCCC3)cc2)cs1. The average Bonchev–Trinajstić information content (AvgIpc) is 3.14. The van der Waals surface area contributed by atoms with Gasteiger partial charge in [-0.3, -0.25) is 4.79 Å². The summed E-state index contributed by atoms with van der Waals surface area (Å²) in [5, 5.41) is 9.30. The van der Waals surface area contributed by atoms with Gasteiger partial charge in [0.1, 0.15) is 0 Å². The number of nitrogens with one attached hydrogen (secondary N) is 2. The number of rotatable bonds is 7. The second-order valence-electron chi connectivity index (χ2n) is 7.17. The van der Waals surface area contributed by atoms with Crippen LogP contribution in [0.25, 0.3) is 11.3 Å². The molecule has 2 aromatic rings.